The molecule has 1 aromatic heterocycles. The van der Waals surface area contributed by atoms with Crippen LogP contribution in [0.4, 0.5) is 21.7 Å². The fourth-order valence-corrected chi connectivity index (χ4v) is 2.80. The van der Waals surface area contributed by atoms with E-state index in [-0.39, 0.29) is 23.9 Å². The van der Waals surface area contributed by atoms with E-state index in [0.29, 0.717) is 27.7 Å². The summed E-state index contributed by atoms with van der Waals surface area (Å²) in [4.78, 5) is 29.2. The molecule has 1 heterocycles. The average molecular weight is 401 g/mol. The first-order chi connectivity index (χ1) is 13.3. The van der Waals surface area contributed by atoms with Crippen LogP contribution in [-0.4, -0.2) is 15.5 Å². The molecule has 0 fully saturated rings. The van der Waals surface area contributed by atoms with Crippen LogP contribution in [0.15, 0.2) is 53.3 Å². The van der Waals surface area contributed by atoms with Crippen LogP contribution in [0.25, 0.3) is 0 Å². The molecule has 1 amide bonds. The normalized spacial score (nSPS) is 10.6. The summed E-state index contributed by atoms with van der Waals surface area (Å²) in [5.41, 5.74) is 1.56. The molecule has 0 aliphatic carbocycles. The van der Waals surface area contributed by atoms with Gasteiger partial charge in [0.05, 0.1) is 10.7 Å². The number of benzene rings is 2. The second-order valence-corrected chi connectivity index (χ2v) is 6.67. The molecule has 0 aliphatic heterocycles. The van der Waals surface area contributed by atoms with Crippen LogP contribution in [0.1, 0.15) is 11.3 Å². The second-order valence-electron chi connectivity index (χ2n) is 6.26. The van der Waals surface area contributed by atoms with Crippen molar-refractivity contribution in [3.63, 3.8) is 0 Å². The van der Waals surface area contributed by atoms with Crippen molar-refractivity contribution in [3.8, 4) is 0 Å². The molecule has 0 saturated heterocycles. The number of halogens is 2. The van der Waals surface area contributed by atoms with Gasteiger partial charge in [0.25, 0.3) is 5.56 Å². The van der Waals surface area contributed by atoms with Gasteiger partial charge in [-0.25, -0.2) is 9.37 Å². The third-order valence-electron chi connectivity index (χ3n) is 4.00. The van der Waals surface area contributed by atoms with Gasteiger partial charge < -0.3 is 10.6 Å². The van der Waals surface area contributed by atoms with Gasteiger partial charge in [0.2, 0.25) is 11.9 Å². The number of hydrogen-bond donors (Lipinski definition) is 2. The molecule has 6 nitrogen and oxygen atoms in total. The first-order valence-electron chi connectivity index (χ1n) is 8.49. The number of nitrogens with zero attached hydrogens (tertiary/aromatic N) is 2. The largest absolute Gasteiger partial charge is 0.326 e. The first kappa shape index (κ1) is 19.6. The summed E-state index contributed by atoms with van der Waals surface area (Å²) in [6, 6.07) is 12.6. The van der Waals surface area contributed by atoms with Crippen LogP contribution >= 0.6 is 11.6 Å². The van der Waals surface area contributed by atoms with Gasteiger partial charge in [-0.3, -0.25) is 14.2 Å². The van der Waals surface area contributed by atoms with Crippen LogP contribution in [0, 0.1) is 19.7 Å². The highest BCUT2D eigenvalue weighted by Crippen LogP contribution is 2.21. The zero-order valence-electron chi connectivity index (χ0n) is 15.3. The van der Waals surface area contributed by atoms with Crippen LogP contribution in [0.3, 0.4) is 0 Å². The van der Waals surface area contributed by atoms with Gasteiger partial charge in [0, 0.05) is 17.4 Å². The monoisotopic (exact) mass is 400 g/mol. The third-order valence-corrected chi connectivity index (χ3v) is 4.33. The predicted octanol–water partition coefficient (Wildman–Crippen LogP) is 4.03. The smallest absolute Gasteiger partial charge is 0.255 e. The van der Waals surface area contributed by atoms with E-state index in [2.05, 4.69) is 15.6 Å². The zero-order valence-corrected chi connectivity index (χ0v) is 16.0. The molecule has 3 aromatic rings. The highest BCUT2D eigenvalue weighted by atomic mass is 35.5. The van der Waals surface area contributed by atoms with Crippen molar-refractivity contribution >= 4 is 34.8 Å². The molecule has 144 valence electrons. The van der Waals surface area contributed by atoms with E-state index in [1.165, 1.54) is 22.8 Å². The van der Waals surface area contributed by atoms with Gasteiger partial charge in [-0.05, 0) is 49.7 Å². The van der Waals surface area contributed by atoms with E-state index in [1.54, 1.807) is 44.2 Å². The Morgan fingerprint density at radius 3 is 2.64 bits per heavy atom. The van der Waals surface area contributed by atoms with E-state index < -0.39 is 5.91 Å². The lowest BCUT2D eigenvalue weighted by molar-refractivity contribution is -0.116. The number of nitrogens with one attached hydrogen (secondary N) is 2. The minimum atomic E-state index is -0.431. The molecule has 3 rings (SSSR count). The molecule has 2 N–H and O–H groups in total. The number of para-hydroxylation sites is 1. The highest BCUT2D eigenvalue weighted by molar-refractivity contribution is 6.33. The lowest BCUT2D eigenvalue weighted by atomic mass is 10.2. The van der Waals surface area contributed by atoms with Crippen molar-refractivity contribution in [2.45, 2.75) is 20.4 Å². The average Bonchev–Trinajstić information content (AvgIpc) is 2.63. The van der Waals surface area contributed by atoms with E-state index >= 15 is 0 Å². The minimum absolute atomic E-state index is 0.185. The summed E-state index contributed by atoms with van der Waals surface area (Å²) in [6.45, 7) is 3.05. The number of hydrogen-bond acceptors (Lipinski definition) is 4. The maximum atomic E-state index is 13.5. The molecule has 0 radical (unpaired) electrons. The fourth-order valence-electron chi connectivity index (χ4n) is 2.62. The lowest BCUT2D eigenvalue weighted by Crippen LogP contribution is -2.30. The standard InChI is InChI=1S/C20H18ClFN4O2/c1-12-9-14(7-8-16(12)22)24-20-23-13(2)10-19(28)26(20)11-18(27)25-17-6-4-3-5-15(17)21/h3-10H,11H2,1-2H3,(H,23,24)(H,25,27). The number of rotatable bonds is 5. The van der Waals surface area contributed by atoms with Crippen LogP contribution in [0.5, 0.6) is 0 Å². The van der Waals surface area contributed by atoms with Crippen molar-refractivity contribution in [1.82, 2.24) is 9.55 Å². The van der Waals surface area contributed by atoms with Gasteiger partial charge in [0.15, 0.2) is 0 Å². The van der Waals surface area contributed by atoms with Gasteiger partial charge >= 0.3 is 0 Å². The Morgan fingerprint density at radius 2 is 1.93 bits per heavy atom. The van der Waals surface area contributed by atoms with E-state index in [4.69, 9.17) is 11.6 Å². The molecule has 0 atom stereocenters. The van der Waals surface area contributed by atoms with Crippen LogP contribution in [-0.2, 0) is 11.3 Å². The van der Waals surface area contributed by atoms with Gasteiger partial charge in [0.1, 0.15) is 12.4 Å². The highest BCUT2D eigenvalue weighted by Gasteiger charge is 2.13. The molecule has 28 heavy (non-hydrogen) atoms. The number of anilines is 3. The Balaban J connectivity index is 1.88. The number of carbonyl (C=O) groups excluding carboxylic acids is 1. The van der Waals surface area contributed by atoms with E-state index in [0.717, 1.165) is 0 Å². The number of aryl methyl sites for hydroxylation is 2. The maximum absolute atomic E-state index is 13.5. The summed E-state index contributed by atoms with van der Waals surface area (Å²) >= 11 is 6.05. The Kier molecular flexibility index (Phi) is 5.75. The Morgan fingerprint density at radius 1 is 1.18 bits per heavy atom. The predicted molar refractivity (Wildman–Crippen MR) is 108 cm³/mol. The minimum Gasteiger partial charge on any atom is -0.326 e. The van der Waals surface area contributed by atoms with Crippen molar-refractivity contribution < 1.29 is 9.18 Å². The molecule has 0 aliphatic rings. The topological polar surface area (TPSA) is 76.0 Å². The van der Waals surface area contributed by atoms with Gasteiger partial charge in [-0.2, -0.15) is 0 Å². The molecular weight excluding hydrogens is 383 g/mol. The summed E-state index contributed by atoms with van der Waals surface area (Å²) < 4.78 is 14.7. The van der Waals surface area contributed by atoms with Gasteiger partial charge in [-0.15, -0.1) is 0 Å². The number of amides is 1. The third kappa shape index (κ3) is 4.55. The van der Waals surface area contributed by atoms with Crippen molar-refractivity contribution in [1.29, 1.82) is 0 Å². The lowest BCUT2D eigenvalue weighted by Gasteiger charge is -2.15. The fraction of sp³-hybridized carbons (Fsp3) is 0.150. The molecule has 0 spiro atoms. The first-order valence-corrected chi connectivity index (χ1v) is 8.87. The summed E-state index contributed by atoms with van der Waals surface area (Å²) in [5, 5.41) is 6.05. The van der Waals surface area contributed by atoms with Gasteiger partial charge in [-0.1, -0.05) is 23.7 Å². The van der Waals surface area contributed by atoms with Crippen molar-refractivity contribution in [3.05, 3.63) is 81.0 Å². The zero-order chi connectivity index (χ0) is 20.3. The summed E-state index contributed by atoms with van der Waals surface area (Å²) in [6.07, 6.45) is 0. The quantitative estimate of drug-likeness (QED) is 0.677. The van der Waals surface area contributed by atoms with E-state index in [9.17, 15) is 14.0 Å². The number of aromatic nitrogens is 2. The SMILES string of the molecule is Cc1cc(=O)n(CC(=O)Nc2ccccc2Cl)c(Nc2ccc(F)c(C)c2)n1. The van der Waals surface area contributed by atoms with Crippen LogP contribution in [0.2, 0.25) is 5.02 Å². The summed E-state index contributed by atoms with van der Waals surface area (Å²) in [5.74, 6) is -0.580. The van der Waals surface area contributed by atoms with E-state index in [1.807, 2.05) is 0 Å². The number of carbonyl (C=O) groups is 1. The maximum Gasteiger partial charge on any atom is 0.255 e. The Labute approximate surface area is 166 Å². The van der Waals surface area contributed by atoms with Crippen molar-refractivity contribution in [2.24, 2.45) is 0 Å². The van der Waals surface area contributed by atoms with Crippen LogP contribution < -0.4 is 16.2 Å². The Bertz CT molecular complexity index is 1100. The Hall–Kier alpha value is -3.19. The van der Waals surface area contributed by atoms with Crippen molar-refractivity contribution in [2.75, 3.05) is 10.6 Å². The molecule has 0 bridgehead atoms. The molecular formula is C20H18ClFN4O2. The summed E-state index contributed by atoms with van der Waals surface area (Å²) in [7, 11) is 0. The molecule has 2 aromatic carbocycles. The second kappa shape index (κ2) is 8.22. The molecule has 8 heteroatoms. The molecule has 0 unspecified atom stereocenters. The molecule has 0 saturated carbocycles.